The van der Waals surface area contributed by atoms with Crippen LogP contribution in [0, 0.1) is 0 Å². The fourth-order valence-electron chi connectivity index (χ4n) is 1.29. The Morgan fingerprint density at radius 3 is 2.75 bits per heavy atom. The monoisotopic (exact) mass is 174 g/mol. The molecule has 0 radical (unpaired) electrons. The van der Waals surface area contributed by atoms with E-state index in [1.807, 2.05) is 0 Å². The molecular formula is C7H5F3N2. The van der Waals surface area contributed by atoms with E-state index in [1.165, 1.54) is 24.6 Å². The highest BCUT2D eigenvalue weighted by atomic mass is 19.4. The molecule has 1 N–H and O–H groups in total. The van der Waals surface area contributed by atoms with E-state index in [2.05, 4.69) is 10.3 Å². The van der Waals surface area contributed by atoms with Crippen molar-refractivity contribution in [3.63, 3.8) is 0 Å². The van der Waals surface area contributed by atoms with Gasteiger partial charge in [-0.05, 0) is 18.4 Å². The molecule has 0 fully saturated rings. The molecule has 2 rings (SSSR count). The van der Waals surface area contributed by atoms with E-state index in [4.69, 9.17) is 0 Å². The highest BCUT2D eigenvalue weighted by Gasteiger charge is 2.59. The van der Waals surface area contributed by atoms with Gasteiger partial charge in [0.2, 0.25) is 0 Å². The van der Waals surface area contributed by atoms with Gasteiger partial charge in [-0.15, -0.1) is 0 Å². The minimum absolute atomic E-state index is 0.148. The van der Waals surface area contributed by atoms with E-state index in [0.717, 1.165) is 0 Å². The van der Waals surface area contributed by atoms with Crippen LogP contribution in [0.2, 0.25) is 0 Å². The Kier molecular flexibility index (Phi) is 1.18. The molecule has 12 heavy (non-hydrogen) atoms. The van der Waals surface area contributed by atoms with Gasteiger partial charge in [0, 0.05) is 11.8 Å². The maximum absolute atomic E-state index is 12.4. The van der Waals surface area contributed by atoms with Gasteiger partial charge in [0.05, 0.1) is 0 Å². The van der Waals surface area contributed by atoms with Crippen LogP contribution in [-0.2, 0) is 0 Å². The number of aliphatic imine (C=N–C) groups is 1. The highest BCUT2D eigenvalue weighted by molar-refractivity contribution is 5.79. The second-order valence-electron chi connectivity index (χ2n) is 2.59. The Balaban J connectivity index is 2.46. The van der Waals surface area contributed by atoms with Crippen LogP contribution < -0.4 is 5.32 Å². The summed E-state index contributed by atoms with van der Waals surface area (Å²) in [5.41, 5.74) is -2.04. The van der Waals surface area contributed by atoms with Gasteiger partial charge in [-0.1, -0.05) is 0 Å². The number of rotatable bonds is 0. The summed E-state index contributed by atoms with van der Waals surface area (Å²) in [6, 6.07) is 0. The second kappa shape index (κ2) is 1.91. The average Bonchev–Trinajstić information content (AvgIpc) is 2.37. The van der Waals surface area contributed by atoms with Gasteiger partial charge in [0.15, 0.2) is 0 Å². The normalized spacial score (nSPS) is 31.8. The van der Waals surface area contributed by atoms with Crippen molar-refractivity contribution in [2.75, 3.05) is 0 Å². The molecule has 1 unspecified atom stereocenters. The number of hydrogen-bond acceptors (Lipinski definition) is 2. The minimum Gasteiger partial charge on any atom is -0.356 e. The Hall–Kier alpha value is -1.26. The summed E-state index contributed by atoms with van der Waals surface area (Å²) in [4.78, 5) is 3.38. The molecule has 2 heterocycles. The van der Waals surface area contributed by atoms with Gasteiger partial charge in [-0.25, -0.2) is 0 Å². The lowest BCUT2D eigenvalue weighted by molar-refractivity contribution is -0.176. The predicted octanol–water partition coefficient (Wildman–Crippen LogP) is 1.37. The molecule has 0 aromatic carbocycles. The second-order valence-corrected chi connectivity index (χ2v) is 2.59. The maximum Gasteiger partial charge on any atom is 0.436 e. The quantitative estimate of drug-likeness (QED) is 0.589. The van der Waals surface area contributed by atoms with Crippen LogP contribution in [0.1, 0.15) is 0 Å². The van der Waals surface area contributed by atoms with E-state index in [9.17, 15) is 13.2 Å². The Labute approximate surface area is 66.5 Å². The highest BCUT2D eigenvalue weighted by Crippen LogP contribution is 2.42. The van der Waals surface area contributed by atoms with Crippen molar-refractivity contribution in [3.05, 3.63) is 23.9 Å². The van der Waals surface area contributed by atoms with Gasteiger partial charge in [0.1, 0.15) is 0 Å². The molecule has 1 atom stereocenters. The van der Waals surface area contributed by atoms with Crippen molar-refractivity contribution in [1.29, 1.82) is 0 Å². The third-order valence-corrected chi connectivity index (χ3v) is 1.91. The number of hydrogen-bond donors (Lipinski definition) is 1. The van der Waals surface area contributed by atoms with Crippen LogP contribution in [0.3, 0.4) is 0 Å². The van der Waals surface area contributed by atoms with Crippen molar-refractivity contribution in [2.24, 2.45) is 4.99 Å². The van der Waals surface area contributed by atoms with E-state index >= 15 is 0 Å². The van der Waals surface area contributed by atoms with Gasteiger partial charge in [-0.3, -0.25) is 4.99 Å². The molecule has 5 heteroatoms. The van der Waals surface area contributed by atoms with Crippen molar-refractivity contribution < 1.29 is 13.2 Å². The van der Waals surface area contributed by atoms with Crippen LogP contribution in [0.25, 0.3) is 0 Å². The number of halogens is 3. The lowest BCUT2D eigenvalue weighted by Crippen LogP contribution is -2.50. The topological polar surface area (TPSA) is 24.4 Å². The largest absolute Gasteiger partial charge is 0.436 e. The first-order valence-corrected chi connectivity index (χ1v) is 3.33. The van der Waals surface area contributed by atoms with E-state index < -0.39 is 11.8 Å². The number of alkyl halides is 3. The van der Waals surface area contributed by atoms with Crippen LogP contribution in [0.4, 0.5) is 13.2 Å². The zero-order valence-corrected chi connectivity index (χ0v) is 5.89. The molecule has 2 aliphatic heterocycles. The maximum atomic E-state index is 12.4. The molecule has 0 aromatic heterocycles. The molecule has 0 saturated heterocycles. The third-order valence-electron chi connectivity index (χ3n) is 1.91. The van der Waals surface area contributed by atoms with Crippen LogP contribution >= 0.6 is 0 Å². The zero-order valence-electron chi connectivity index (χ0n) is 5.89. The van der Waals surface area contributed by atoms with Crippen LogP contribution in [-0.4, -0.2) is 18.1 Å². The Morgan fingerprint density at radius 2 is 2.17 bits per heavy atom. The summed E-state index contributed by atoms with van der Waals surface area (Å²) in [6.07, 6.45) is 0.773. The van der Waals surface area contributed by atoms with Crippen molar-refractivity contribution in [3.8, 4) is 0 Å². The number of fused-ring (bicyclic) bond motifs is 1. The molecule has 0 saturated carbocycles. The van der Waals surface area contributed by atoms with Gasteiger partial charge >= 0.3 is 6.18 Å². The number of allylic oxidation sites excluding steroid dienone is 1. The first-order valence-electron chi connectivity index (χ1n) is 3.33. The number of nitrogens with zero attached hydrogens (tertiary/aromatic N) is 1. The van der Waals surface area contributed by atoms with Gasteiger partial charge in [-0.2, -0.15) is 13.2 Å². The minimum atomic E-state index is -4.38. The lowest BCUT2D eigenvalue weighted by atomic mass is 10.0. The van der Waals surface area contributed by atoms with Crippen LogP contribution in [0.5, 0.6) is 0 Å². The summed E-state index contributed by atoms with van der Waals surface area (Å²) in [7, 11) is 0. The van der Waals surface area contributed by atoms with Crippen LogP contribution in [0.15, 0.2) is 28.9 Å². The summed E-state index contributed by atoms with van der Waals surface area (Å²) in [5.74, 6) is 0. The third kappa shape index (κ3) is 0.680. The molecule has 2 aliphatic rings. The molecule has 0 aliphatic carbocycles. The molecule has 0 aromatic rings. The SMILES string of the molecule is FC(F)(F)C12N=CC=C1C=CN2. The molecular weight excluding hydrogens is 169 g/mol. The summed E-state index contributed by atoms with van der Waals surface area (Å²) < 4.78 is 37.3. The first-order chi connectivity index (χ1) is 5.56. The lowest BCUT2D eigenvalue weighted by Gasteiger charge is -2.27. The molecule has 0 spiro atoms. The van der Waals surface area contributed by atoms with E-state index in [0.29, 0.717) is 0 Å². The molecule has 0 bridgehead atoms. The Morgan fingerprint density at radius 1 is 1.42 bits per heavy atom. The van der Waals surface area contributed by atoms with Crippen molar-refractivity contribution in [2.45, 2.75) is 11.8 Å². The molecule has 64 valence electrons. The molecule has 2 nitrogen and oxygen atoms in total. The fraction of sp³-hybridized carbons (Fsp3) is 0.286. The van der Waals surface area contributed by atoms with Gasteiger partial charge < -0.3 is 5.32 Å². The summed E-state index contributed by atoms with van der Waals surface area (Å²) in [5, 5.41) is 2.20. The van der Waals surface area contributed by atoms with E-state index in [1.54, 1.807) is 0 Å². The van der Waals surface area contributed by atoms with Crippen molar-refractivity contribution in [1.82, 2.24) is 5.32 Å². The number of nitrogens with one attached hydrogen (secondary N) is 1. The standard InChI is InChI=1S/C7H5F3N2/c8-7(9,10)6-5(1-3-11-6)2-4-12-6/h1-4,11H. The van der Waals surface area contributed by atoms with Crippen molar-refractivity contribution >= 4 is 6.21 Å². The fourth-order valence-corrected chi connectivity index (χ4v) is 1.29. The summed E-state index contributed by atoms with van der Waals surface area (Å²) >= 11 is 0. The predicted molar refractivity (Wildman–Crippen MR) is 37.6 cm³/mol. The zero-order chi connectivity index (χ0) is 8.82. The first kappa shape index (κ1) is 7.39. The van der Waals surface area contributed by atoms with E-state index in [-0.39, 0.29) is 5.57 Å². The smallest absolute Gasteiger partial charge is 0.356 e. The van der Waals surface area contributed by atoms with Gasteiger partial charge in [0.25, 0.3) is 5.66 Å². The summed E-state index contributed by atoms with van der Waals surface area (Å²) in [6.45, 7) is 0. The molecule has 0 amide bonds. The Bertz CT molecular complexity index is 300. The average molecular weight is 174 g/mol.